The van der Waals surface area contributed by atoms with E-state index in [1.807, 2.05) is 60.2 Å². The Hall–Kier alpha value is -3.91. The molecule has 0 fully saturated rings. The van der Waals surface area contributed by atoms with E-state index >= 15 is 0 Å². The number of nitrogens with zero attached hydrogens (tertiary/aromatic N) is 1. The van der Waals surface area contributed by atoms with Crippen molar-refractivity contribution in [2.24, 2.45) is 0 Å². The molecular formula is C30H30N2O5S. The van der Waals surface area contributed by atoms with Crippen LogP contribution < -0.4 is 14.2 Å². The summed E-state index contributed by atoms with van der Waals surface area (Å²) in [6, 6.07) is 19.2. The first-order valence-corrected chi connectivity index (χ1v) is 13.4. The molecule has 8 heteroatoms. The van der Waals surface area contributed by atoms with Crippen LogP contribution in [0.1, 0.15) is 59.7 Å². The van der Waals surface area contributed by atoms with Crippen LogP contribution in [0.25, 0.3) is 10.9 Å². The Morgan fingerprint density at radius 2 is 1.74 bits per heavy atom. The normalized spacial score (nSPS) is 13.1. The van der Waals surface area contributed by atoms with E-state index in [9.17, 15) is 9.59 Å². The summed E-state index contributed by atoms with van der Waals surface area (Å²) in [4.78, 5) is 27.0. The van der Waals surface area contributed by atoms with Crippen molar-refractivity contribution in [1.29, 1.82) is 0 Å². The Labute approximate surface area is 226 Å². The summed E-state index contributed by atoms with van der Waals surface area (Å²) in [6.07, 6.45) is 1.99. The average molecular weight is 531 g/mol. The summed E-state index contributed by atoms with van der Waals surface area (Å²) in [6.45, 7) is 7.17. The van der Waals surface area contributed by atoms with E-state index in [0.717, 1.165) is 26.9 Å². The van der Waals surface area contributed by atoms with Crippen molar-refractivity contribution >= 4 is 34.7 Å². The Morgan fingerprint density at radius 1 is 1.00 bits per heavy atom. The number of aryl methyl sites for hydroxylation is 1. The summed E-state index contributed by atoms with van der Waals surface area (Å²) in [5, 5.41) is 0.892. The van der Waals surface area contributed by atoms with Crippen molar-refractivity contribution in [2.75, 3.05) is 13.9 Å². The third-order valence-electron chi connectivity index (χ3n) is 6.79. The number of fused-ring (bicyclic) bond motifs is 2. The van der Waals surface area contributed by atoms with E-state index in [-0.39, 0.29) is 12.7 Å². The number of amides is 1. The van der Waals surface area contributed by atoms with Gasteiger partial charge in [-0.1, -0.05) is 38.1 Å². The van der Waals surface area contributed by atoms with Crippen molar-refractivity contribution in [3.63, 3.8) is 0 Å². The van der Waals surface area contributed by atoms with E-state index in [4.69, 9.17) is 14.2 Å². The molecule has 0 spiro atoms. The number of aromatic nitrogens is 1. The minimum Gasteiger partial charge on any atom is -0.465 e. The van der Waals surface area contributed by atoms with Gasteiger partial charge >= 0.3 is 5.97 Å². The smallest absolute Gasteiger partial charge is 0.337 e. The molecule has 0 bridgehead atoms. The molecule has 7 nitrogen and oxygen atoms in total. The molecule has 3 aromatic carbocycles. The van der Waals surface area contributed by atoms with Gasteiger partial charge in [0.2, 0.25) is 12.7 Å². The lowest BCUT2D eigenvalue weighted by Gasteiger charge is -2.17. The van der Waals surface area contributed by atoms with Crippen LogP contribution in [0.15, 0.2) is 71.8 Å². The van der Waals surface area contributed by atoms with Crippen molar-refractivity contribution < 1.29 is 23.8 Å². The molecule has 1 aliphatic heterocycles. The number of hydrogen-bond acceptors (Lipinski definition) is 6. The second-order valence-corrected chi connectivity index (χ2v) is 10.3. The number of esters is 1. The van der Waals surface area contributed by atoms with Crippen LogP contribution in [-0.4, -0.2) is 30.3 Å². The zero-order valence-corrected chi connectivity index (χ0v) is 22.6. The Morgan fingerprint density at radius 3 is 2.45 bits per heavy atom. The first-order chi connectivity index (χ1) is 18.4. The fourth-order valence-electron chi connectivity index (χ4n) is 4.71. The van der Waals surface area contributed by atoms with Gasteiger partial charge in [0.05, 0.1) is 18.6 Å². The van der Waals surface area contributed by atoms with Crippen LogP contribution in [0, 0.1) is 0 Å². The van der Waals surface area contributed by atoms with Gasteiger partial charge in [0.1, 0.15) is 0 Å². The van der Waals surface area contributed by atoms with Crippen molar-refractivity contribution in [3.8, 4) is 11.5 Å². The highest BCUT2D eigenvalue weighted by molar-refractivity contribution is 7.98. The highest BCUT2D eigenvalue weighted by Crippen LogP contribution is 2.39. The summed E-state index contributed by atoms with van der Waals surface area (Å²) >= 11 is 1.30. The summed E-state index contributed by atoms with van der Waals surface area (Å²) < 4.78 is 21.1. The van der Waals surface area contributed by atoms with Gasteiger partial charge in [0, 0.05) is 28.5 Å². The SMILES string of the molecule is CCn1cc(C(C(=O)NSc2ccc(C(C)C)cc2)c2ccc3c(c2)OCO3)c2ccc(C(=O)OC)cc21. The molecule has 0 saturated carbocycles. The third-order valence-corrected chi connectivity index (χ3v) is 7.61. The molecule has 1 aliphatic rings. The van der Waals surface area contributed by atoms with Crippen LogP contribution in [-0.2, 0) is 16.1 Å². The van der Waals surface area contributed by atoms with Crippen molar-refractivity contribution in [1.82, 2.24) is 9.29 Å². The van der Waals surface area contributed by atoms with Gasteiger partial charge in [-0.3, -0.25) is 9.52 Å². The maximum absolute atomic E-state index is 13.9. The minimum atomic E-state index is -0.619. The van der Waals surface area contributed by atoms with E-state index in [1.54, 1.807) is 6.07 Å². The number of rotatable bonds is 8. The molecule has 5 rings (SSSR count). The molecule has 1 amide bonds. The second-order valence-electron chi connectivity index (χ2n) is 9.43. The number of methoxy groups -OCH3 is 1. The highest BCUT2D eigenvalue weighted by atomic mass is 32.2. The summed E-state index contributed by atoms with van der Waals surface area (Å²) in [5.74, 6) is 0.535. The highest BCUT2D eigenvalue weighted by Gasteiger charge is 2.29. The van der Waals surface area contributed by atoms with Crippen LogP contribution in [0.5, 0.6) is 11.5 Å². The van der Waals surface area contributed by atoms with E-state index in [1.165, 1.54) is 24.6 Å². The van der Waals surface area contributed by atoms with E-state index < -0.39 is 11.9 Å². The average Bonchev–Trinajstić information content (AvgIpc) is 3.56. The van der Waals surface area contributed by atoms with Crippen LogP contribution >= 0.6 is 11.9 Å². The van der Waals surface area contributed by atoms with Gasteiger partial charge in [-0.25, -0.2) is 4.79 Å². The monoisotopic (exact) mass is 530 g/mol. The molecule has 0 aliphatic carbocycles. The molecule has 1 unspecified atom stereocenters. The molecule has 0 saturated heterocycles. The lowest BCUT2D eigenvalue weighted by atomic mass is 9.90. The number of hydrogen-bond donors (Lipinski definition) is 1. The first-order valence-electron chi connectivity index (χ1n) is 12.6. The van der Waals surface area contributed by atoms with Gasteiger partial charge in [-0.05, 0) is 77.9 Å². The zero-order chi connectivity index (χ0) is 26.8. The maximum atomic E-state index is 13.9. The lowest BCUT2D eigenvalue weighted by Crippen LogP contribution is -2.25. The predicted octanol–water partition coefficient (Wildman–Crippen LogP) is 6.26. The third kappa shape index (κ3) is 4.96. The van der Waals surface area contributed by atoms with Gasteiger partial charge in [0.15, 0.2) is 11.5 Å². The fraction of sp³-hybridized carbons (Fsp3) is 0.267. The van der Waals surface area contributed by atoms with Gasteiger partial charge in [-0.15, -0.1) is 0 Å². The molecule has 0 radical (unpaired) electrons. The van der Waals surface area contributed by atoms with E-state index in [2.05, 4.69) is 30.7 Å². The van der Waals surface area contributed by atoms with E-state index in [0.29, 0.717) is 29.5 Å². The summed E-state index contributed by atoms with van der Waals surface area (Å²) in [7, 11) is 1.37. The Bertz CT molecular complexity index is 1490. The largest absolute Gasteiger partial charge is 0.465 e. The topological polar surface area (TPSA) is 78.8 Å². The number of benzene rings is 3. The summed E-state index contributed by atoms with van der Waals surface area (Å²) in [5.41, 5.74) is 4.20. The number of carbonyl (C=O) groups is 2. The maximum Gasteiger partial charge on any atom is 0.337 e. The van der Waals surface area contributed by atoms with Gasteiger partial charge in [0.25, 0.3) is 0 Å². The van der Waals surface area contributed by atoms with Crippen LogP contribution in [0.3, 0.4) is 0 Å². The molecule has 4 aromatic rings. The van der Waals surface area contributed by atoms with Gasteiger partial charge in [-0.2, -0.15) is 0 Å². The number of ether oxygens (including phenoxy) is 3. The second kappa shape index (κ2) is 10.8. The predicted molar refractivity (Wildman–Crippen MR) is 148 cm³/mol. The van der Waals surface area contributed by atoms with Crippen LogP contribution in [0.4, 0.5) is 0 Å². The molecule has 1 N–H and O–H groups in total. The Kier molecular flexibility index (Phi) is 7.33. The molecule has 1 aromatic heterocycles. The van der Waals surface area contributed by atoms with Crippen molar-refractivity contribution in [2.45, 2.75) is 44.0 Å². The molecular weight excluding hydrogens is 500 g/mol. The molecule has 1 atom stereocenters. The zero-order valence-electron chi connectivity index (χ0n) is 21.8. The molecule has 196 valence electrons. The van der Waals surface area contributed by atoms with Gasteiger partial charge < -0.3 is 18.8 Å². The van der Waals surface area contributed by atoms with Crippen LogP contribution in [0.2, 0.25) is 0 Å². The fourth-order valence-corrected chi connectivity index (χ4v) is 5.32. The Balaban J connectivity index is 1.54. The van der Waals surface area contributed by atoms with Crippen molar-refractivity contribution in [3.05, 3.63) is 89.1 Å². The number of carbonyl (C=O) groups excluding carboxylic acids is 2. The molecule has 38 heavy (non-hydrogen) atoms. The lowest BCUT2D eigenvalue weighted by molar-refractivity contribution is -0.119. The standard InChI is InChI=1S/C30H30N2O5S/c1-5-32-16-24(23-12-8-21(14-25(23)32)30(34)35-4)28(20-9-13-26-27(15-20)37-17-36-26)29(33)31-38-22-10-6-19(7-11-22)18(2)3/h6-16,18,28H,5,17H2,1-4H3,(H,31,33). The number of nitrogens with one attached hydrogen (secondary N) is 1. The first kappa shape index (κ1) is 25.7. The quantitative estimate of drug-likeness (QED) is 0.214. The molecule has 2 heterocycles. The minimum absolute atomic E-state index is 0.156.